The molecule has 0 N–H and O–H groups in total. The maximum atomic E-state index is 13.5. The Hall–Kier alpha value is -3.32. The van der Waals surface area contributed by atoms with Crippen LogP contribution in [0.2, 0.25) is 0 Å². The smallest absolute Gasteiger partial charge is 0.258 e. The molecule has 7 heteroatoms. The van der Waals surface area contributed by atoms with E-state index in [1.807, 2.05) is 49.4 Å². The average molecular weight is 451 g/mol. The van der Waals surface area contributed by atoms with Crippen molar-refractivity contribution >= 4 is 27.3 Å². The zero-order valence-electron chi connectivity index (χ0n) is 18.3. The molecule has 2 atom stereocenters. The third-order valence-electron chi connectivity index (χ3n) is 5.77. The predicted molar refractivity (Wildman–Crippen MR) is 127 cm³/mol. The van der Waals surface area contributed by atoms with Crippen LogP contribution in [0.4, 0.5) is 11.4 Å². The van der Waals surface area contributed by atoms with E-state index >= 15 is 0 Å². The van der Waals surface area contributed by atoms with Crippen LogP contribution in [0, 0.1) is 0 Å². The summed E-state index contributed by atoms with van der Waals surface area (Å²) in [5, 5.41) is 0. The van der Waals surface area contributed by atoms with E-state index in [2.05, 4.69) is 0 Å². The van der Waals surface area contributed by atoms with Gasteiger partial charge >= 0.3 is 0 Å². The number of amides is 1. The first-order valence-corrected chi connectivity index (χ1v) is 12.3. The van der Waals surface area contributed by atoms with Crippen LogP contribution in [0.25, 0.3) is 0 Å². The highest BCUT2D eigenvalue weighted by molar-refractivity contribution is 7.92. The fourth-order valence-electron chi connectivity index (χ4n) is 4.36. The van der Waals surface area contributed by atoms with E-state index in [4.69, 9.17) is 4.74 Å². The van der Waals surface area contributed by atoms with Gasteiger partial charge in [-0.05, 0) is 61.4 Å². The summed E-state index contributed by atoms with van der Waals surface area (Å²) >= 11 is 0. The lowest BCUT2D eigenvalue weighted by Crippen LogP contribution is -2.47. The Labute approximate surface area is 189 Å². The molecule has 1 aliphatic rings. The highest BCUT2D eigenvalue weighted by Gasteiger charge is 2.39. The summed E-state index contributed by atoms with van der Waals surface area (Å²) in [6.45, 7) is 1.95. The summed E-state index contributed by atoms with van der Waals surface area (Å²) in [6, 6.07) is 23.0. The van der Waals surface area contributed by atoms with Crippen LogP contribution in [-0.4, -0.2) is 33.7 Å². The van der Waals surface area contributed by atoms with E-state index in [0.29, 0.717) is 23.4 Å². The van der Waals surface area contributed by atoms with E-state index in [1.165, 1.54) is 10.6 Å². The Morgan fingerprint density at radius 1 is 0.969 bits per heavy atom. The Kier molecular flexibility index (Phi) is 5.93. The average Bonchev–Trinajstić information content (AvgIpc) is 2.79. The van der Waals surface area contributed by atoms with Gasteiger partial charge in [0.25, 0.3) is 5.91 Å². The normalized spacial score (nSPS) is 18.0. The highest BCUT2D eigenvalue weighted by atomic mass is 32.2. The van der Waals surface area contributed by atoms with Crippen LogP contribution in [0.5, 0.6) is 5.75 Å². The van der Waals surface area contributed by atoms with Crippen LogP contribution < -0.4 is 13.9 Å². The van der Waals surface area contributed by atoms with Gasteiger partial charge in [-0.15, -0.1) is 0 Å². The Morgan fingerprint density at radius 3 is 2.22 bits per heavy atom. The first-order chi connectivity index (χ1) is 15.3. The molecule has 0 aliphatic carbocycles. The van der Waals surface area contributed by atoms with Gasteiger partial charge in [0, 0.05) is 17.3 Å². The molecule has 4 rings (SSSR count). The second-order valence-electron chi connectivity index (χ2n) is 7.96. The van der Waals surface area contributed by atoms with E-state index in [0.717, 1.165) is 11.3 Å². The fourth-order valence-corrected chi connectivity index (χ4v) is 5.53. The first-order valence-electron chi connectivity index (χ1n) is 10.4. The van der Waals surface area contributed by atoms with Gasteiger partial charge in [0.1, 0.15) is 5.75 Å². The number of rotatable bonds is 5. The standard InChI is InChI=1S/C25H26N2O4S/c1-18-17-24(27(32(3,29)30)20-9-5-4-6-10-20)22-11-7-8-12-23(22)26(18)25(28)19-13-15-21(31-2)16-14-19/h4-16,18,24H,17H2,1-3H3/t18-,24+/m1/s1. The van der Waals surface area contributed by atoms with Crippen LogP contribution in [0.15, 0.2) is 78.9 Å². The molecule has 0 saturated carbocycles. The van der Waals surface area contributed by atoms with Gasteiger partial charge in [-0.25, -0.2) is 8.42 Å². The summed E-state index contributed by atoms with van der Waals surface area (Å²) in [6.07, 6.45) is 1.70. The minimum Gasteiger partial charge on any atom is -0.497 e. The van der Waals surface area contributed by atoms with Crippen LogP contribution in [0.3, 0.4) is 0 Å². The minimum atomic E-state index is -3.57. The van der Waals surface area contributed by atoms with Crippen molar-refractivity contribution in [1.29, 1.82) is 0 Å². The molecular formula is C25H26N2O4S. The number of sulfonamides is 1. The summed E-state index contributed by atoms with van der Waals surface area (Å²) in [5.41, 5.74) is 2.69. The Morgan fingerprint density at radius 2 is 1.59 bits per heavy atom. The van der Waals surface area contributed by atoms with E-state index in [1.54, 1.807) is 48.4 Å². The summed E-state index contributed by atoms with van der Waals surface area (Å²) in [7, 11) is -1.98. The topological polar surface area (TPSA) is 66.9 Å². The molecule has 1 amide bonds. The molecule has 0 spiro atoms. The van der Waals surface area contributed by atoms with Gasteiger partial charge in [-0.2, -0.15) is 0 Å². The molecule has 0 saturated heterocycles. The molecule has 3 aromatic rings. The van der Waals surface area contributed by atoms with Crippen molar-refractivity contribution in [2.45, 2.75) is 25.4 Å². The monoisotopic (exact) mass is 450 g/mol. The molecule has 6 nitrogen and oxygen atoms in total. The Balaban J connectivity index is 1.79. The first kappa shape index (κ1) is 21.9. The number of methoxy groups -OCH3 is 1. The van der Waals surface area contributed by atoms with Crippen molar-refractivity contribution in [2.24, 2.45) is 0 Å². The Bertz CT molecular complexity index is 1210. The number of hydrogen-bond donors (Lipinski definition) is 0. The van der Waals surface area contributed by atoms with Gasteiger partial charge in [-0.3, -0.25) is 9.10 Å². The fraction of sp³-hybridized carbons (Fsp3) is 0.240. The van der Waals surface area contributed by atoms with Crippen molar-refractivity contribution in [1.82, 2.24) is 0 Å². The number of hydrogen-bond acceptors (Lipinski definition) is 4. The molecule has 32 heavy (non-hydrogen) atoms. The van der Waals surface area contributed by atoms with Crippen molar-refractivity contribution in [3.8, 4) is 5.75 Å². The molecule has 1 aliphatic heterocycles. The molecule has 0 fully saturated rings. The zero-order valence-corrected chi connectivity index (χ0v) is 19.1. The van der Waals surface area contributed by atoms with E-state index < -0.39 is 16.1 Å². The molecule has 0 aromatic heterocycles. The van der Waals surface area contributed by atoms with Crippen LogP contribution in [-0.2, 0) is 10.0 Å². The number of para-hydroxylation sites is 2. The number of carbonyl (C=O) groups is 1. The summed E-state index contributed by atoms with van der Waals surface area (Å²) in [5.74, 6) is 0.553. The molecule has 0 bridgehead atoms. The molecule has 0 radical (unpaired) electrons. The van der Waals surface area contributed by atoms with E-state index in [-0.39, 0.29) is 11.9 Å². The van der Waals surface area contributed by atoms with Gasteiger partial charge in [0.15, 0.2) is 0 Å². The number of benzene rings is 3. The molecule has 166 valence electrons. The van der Waals surface area contributed by atoms with Crippen LogP contribution in [0.1, 0.15) is 35.3 Å². The quantitative estimate of drug-likeness (QED) is 0.568. The summed E-state index contributed by atoms with van der Waals surface area (Å²) in [4.78, 5) is 15.2. The summed E-state index contributed by atoms with van der Waals surface area (Å²) < 4.78 is 32.4. The lowest BCUT2D eigenvalue weighted by molar-refractivity contribution is 0.0974. The van der Waals surface area contributed by atoms with Crippen molar-refractivity contribution in [2.75, 3.05) is 22.6 Å². The van der Waals surface area contributed by atoms with Crippen molar-refractivity contribution in [3.05, 3.63) is 90.0 Å². The SMILES string of the molecule is COc1ccc(C(=O)N2c3ccccc3[C@@H](N(c3ccccc3)S(C)(=O)=O)C[C@H]2C)cc1. The number of nitrogens with zero attached hydrogens (tertiary/aromatic N) is 2. The number of anilines is 2. The number of carbonyl (C=O) groups excluding carboxylic acids is 1. The van der Waals surface area contributed by atoms with Crippen molar-refractivity contribution < 1.29 is 17.9 Å². The molecular weight excluding hydrogens is 424 g/mol. The number of fused-ring (bicyclic) bond motifs is 1. The van der Waals surface area contributed by atoms with Gasteiger partial charge in [-0.1, -0.05) is 36.4 Å². The predicted octanol–water partition coefficient (Wildman–Crippen LogP) is 4.64. The maximum absolute atomic E-state index is 13.5. The third kappa shape index (κ3) is 4.08. The van der Waals surface area contributed by atoms with E-state index in [9.17, 15) is 13.2 Å². The van der Waals surface area contributed by atoms with Gasteiger partial charge in [0.2, 0.25) is 10.0 Å². The molecule has 1 heterocycles. The lowest BCUT2D eigenvalue weighted by atomic mass is 9.90. The lowest BCUT2D eigenvalue weighted by Gasteiger charge is -2.43. The van der Waals surface area contributed by atoms with Gasteiger partial charge in [0.05, 0.1) is 25.1 Å². The highest BCUT2D eigenvalue weighted by Crippen LogP contribution is 2.43. The largest absolute Gasteiger partial charge is 0.497 e. The zero-order chi connectivity index (χ0) is 22.9. The number of ether oxygens (including phenoxy) is 1. The second-order valence-corrected chi connectivity index (χ2v) is 9.82. The molecule has 0 unspecified atom stereocenters. The second kappa shape index (κ2) is 8.67. The third-order valence-corrected chi connectivity index (χ3v) is 6.95. The van der Waals surface area contributed by atoms with Crippen molar-refractivity contribution in [3.63, 3.8) is 0 Å². The molecule has 3 aromatic carbocycles. The minimum absolute atomic E-state index is 0.128. The maximum Gasteiger partial charge on any atom is 0.258 e. The van der Waals surface area contributed by atoms with Gasteiger partial charge < -0.3 is 9.64 Å². The van der Waals surface area contributed by atoms with Crippen LogP contribution >= 0.6 is 0 Å².